The summed E-state index contributed by atoms with van der Waals surface area (Å²) in [5.74, 6) is 0.0839. The van der Waals surface area contributed by atoms with Crippen LogP contribution in [0.1, 0.15) is 32.6 Å². The van der Waals surface area contributed by atoms with E-state index in [4.69, 9.17) is 5.73 Å². The molecule has 0 aromatic rings. The standard InChI is InChI=1S/C13H25N3O2/c1-4-7-16(9-12(17)15(2)3)13(18)10-5-6-11(14)8-10/h10-11H,4-9,14H2,1-3H3. The summed E-state index contributed by atoms with van der Waals surface area (Å²) in [6, 6.07) is 0.145. The van der Waals surface area contributed by atoms with E-state index in [1.165, 1.54) is 4.90 Å². The van der Waals surface area contributed by atoms with E-state index in [9.17, 15) is 9.59 Å². The lowest BCUT2D eigenvalue weighted by Gasteiger charge is -2.26. The SMILES string of the molecule is CCCN(CC(=O)N(C)C)C(=O)C1CCC(N)C1. The van der Waals surface area contributed by atoms with Crippen molar-refractivity contribution in [3.05, 3.63) is 0 Å². The average Bonchev–Trinajstić information content (AvgIpc) is 2.74. The molecule has 0 aromatic heterocycles. The van der Waals surface area contributed by atoms with Crippen molar-refractivity contribution in [2.45, 2.75) is 38.6 Å². The molecule has 1 saturated carbocycles. The molecule has 0 aromatic carbocycles. The lowest BCUT2D eigenvalue weighted by Crippen LogP contribution is -2.43. The van der Waals surface area contributed by atoms with Crippen molar-refractivity contribution in [1.29, 1.82) is 0 Å². The minimum Gasteiger partial charge on any atom is -0.347 e. The highest BCUT2D eigenvalue weighted by Gasteiger charge is 2.31. The highest BCUT2D eigenvalue weighted by molar-refractivity contribution is 5.85. The first kappa shape index (κ1) is 15.0. The molecule has 0 heterocycles. The number of amides is 2. The molecule has 1 fully saturated rings. The van der Waals surface area contributed by atoms with E-state index < -0.39 is 0 Å². The molecule has 2 atom stereocenters. The van der Waals surface area contributed by atoms with E-state index in [0.717, 1.165) is 25.7 Å². The van der Waals surface area contributed by atoms with Gasteiger partial charge in [0.05, 0.1) is 6.54 Å². The second-order valence-corrected chi connectivity index (χ2v) is 5.32. The fourth-order valence-corrected chi connectivity index (χ4v) is 2.34. The van der Waals surface area contributed by atoms with Gasteiger partial charge >= 0.3 is 0 Å². The molecule has 104 valence electrons. The molecule has 0 aliphatic heterocycles. The van der Waals surface area contributed by atoms with Crippen LogP contribution in [0, 0.1) is 5.92 Å². The Balaban J connectivity index is 2.60. The fraction of sp³-hybridized carbons (Fsp3) is 0.846. The number of hydrogen-bond acceptors (Lipinski definition) is 3. The van der Waals surface area contributed by atoms with E-state index in [2.05, 4.69) is 0 Å². The first-order valence-electron chi connectivity index (χ1n) is 6.70. The Kier molecular flexibility index (Phi) is 5.59. The molecule has 0 spiro atoms. The lowest BCUT2D eigenvalue weighted by molar-refractivity contribution is -0.141. The minimum absolute atomic E-state index is 0.0153. The van der Waals surface area contributed by atoms with Gasteiger partial charge in [0.1, 0.15) is 0 Å². The zero-order valence-electron chi connectivity index (χ0n) is 11.7. The molecule has 2 unspecified atom stereocenters. The summed E-state index contributed by atoms with van der Waals surface area (Å²) in [5.41, 5.74) is 5.84. The van der Waals surface area contributed by atoms with Gasteiger partial charge in [0.15, 0.2) is 0 Å². The molecular weight excluding hydrogens is 230 g/mol. The summed E-state index contributed by atoms with van der Waals surface area (Å²) in [7, 11) is 3.42. The first-order valence-corrected chi connectivity index (χ1v) is 6.70. The van der Waals surface area contributed by atoms with E-state index in [0.29, 0.717) is 6.54 Å². The predicted molar refractivity (Wildman–Crippen MR) is 70.9 cm³/mol. The van der Waals surface area contributed by atoms with Crippen LogP contribution in [0.3, 0.4) is 0 Å². The van der Waals surface area contributed by atoms with Crippen molar-refractivity contribution in [3.8, 4) is 0 Å². The van der Waals surface area contributed by atoms with Crippen molar-refractivity contribution >= 4 is 11.8 Å². The molecule has 5 nitrogen and oxygen atoms in total. The third-order valence-electron chi connectivity index (χ3n) is 3.45. The summed E-state index contributed by atoms with van der Waals surface area (Å²) in [4.78, 5) is 27.3. The zero-order valence-corrected chi connectivity index (χ0v) is 11.7. The van der Waals surface area contributed by atoms with Crippen LogP contribution >= 0.6 is 0 Å². The van der Waals surface area contributed by atoms with Crippen LogP contribution in [0.2, 0.25) is 0 Å². The normalized spacial score (nSPS) is 22.9. The molecular formula is C13H25N3O2. The summed E-state index contributed by atoms with van der Waals surface area (Å²) in [5, 5.41) is 0. The molecule has 1 aliphatic rings. The third kappa shape index (κ3) is 3.98. The van der Waals surface area contributed by atoms with Gasteiger partial charge in [-0.1, -0.05) is 6.92 Å². The number of carbonyl (C=O) groups is 2. The van der Waals surface area contributed by atoms with Crippen LogP contribution in [0.15, 0.2) is 0 Å². The smallest absolute Gasteiger partial charge is 0.241 e. The molecule has 18 heavy (non-hydrogen) atoms. The fourth-order valence-electron chi connectivity index (χ4n) is 2.34. The van der Waals surface area contributed by atoms with E-state index in [-0.39, 0.29) is 30.3 Å². The highest BCUT2D eigenvalue weighted by atomic mass is 16.2. The molecule has 5 heteroatoms. The number of likely N-dealkylation sites (N-methyl/N-ethyl adjacent to an activating group) is 1. The van der Waals surface area contributed by atoms with Crippen molar-refractivity contribution in [2.24, 2.45) is 11.7 Å². The van der Waals surface area contributed by atoms with Crippen LogP contribution < -0.4 is 5.73 Å². The van der Waals surface area contributed by atoms with Gasteiger partial charge in [0, 0.05) is 32.6 Å². The number of carbonyl (C=O) groups excluding carboxylic acids is 2. The monoisotopic (exact) mass is 255 g/mol. The van der Waals surface area contributed by atoms with Crippen LogP contribution in [-0.2, 0) is 9.59 Å². The second kappa shape index (κ2) is 6.73. The molecule has 1 rings (SSSR count). The predicted octanol–water partition coefficient (Wildman–Crippen LogP) is 0.441. The summed E-state index contributed by atoms with van der Waals surface area (Å²) < 4.78 is 0. The molecule has 2 amide bonds. The van der Waals surface area contributed by atoms with Crippen LogP contribution in [0.25, 0.3) is 0 Å². The summed E-state index contributed by atoms with van der Waals surface area (Å²) in [6.07, 6.45) is 3.40. The quantitative estimate of drug-likeness (QED) is 0.775. The number of nitrogens with two attached hydrogens (primary N) is 1. The van der Waals surface area contributed by atoms with Gasteiger partial charge in [-0.25, -0.2) is 0 Å². The van der Waals surface area contributed by atoms with Gasteiger partial charge in [-0.15, -0.1) is 0 Å². The Morgan fingerprint density at radius 2 is 1.94 bits per heavy atom. The lowest BCUT2D eigenvalue weighted by atomic mass is 10.1. The molecule has 1 aliphatic carbocycles. The van der Waals surface area contributed by atoms with Crippen molar-refractivity contribution in [3.63, 3.8) is 0 Å². The Labute approximate surface area is 109 Å². The van der Waals surface area contributed by atoms with Gasteiger partial charge < -0.3 is 15.5 Å². The molecule has 2 N–H and O–H groups in total. The van der Waals surface area contributed by atoms with Gasteiger partial charge in [-0.3, -0.25) is 9.59 Å². The molecule has 0 bridgehead atoms. The highest BCUT2D eigenvalue weighted by Crippen LogP contribution is 2.26. The van der Waals surface area contributed by atoms with Crippen LogP contribution in [0.4, 0.5) is 0 Å². The van der Waals surface area contributed by atoms with Crippen LogP contribution in [-0.4, -0.2) is 54.8 Å². The first-order chi connectivity index (χ1) is 8.45. The summed E-state index contributed by atoms with van der Waals surface area (Å²) >= 11 is 0. The maximum atomic E-state index is 12.3. The Morgan fingerprint density at radius 1 is 1.28 bits per heavy atom. The maximum absolute atomic E-state index is 12.3. The van der Waals surface area contributed by atoms with Gasteiger partial charge in [-0.05, 0) is 25.7 Å². The second-order valence-electron chi connectivity index (χ2n) is 5.32. The Hall–Kier alpha value is -1.10. The largest absolute Gasteiger partial charge is 0.347 e. The van der Waals surface area contributed by atoms with Crippen molar-refractivity contribution in [1.82, 2.24) is 9.80 Å². The third-order valence-corrected chi connectivity index (χ3v) is 3.45. The minimum atomic E-state index is -0.0286. The zero-order chi connectivity index (χ0) is 13.7. The topological polar surface area (TPSA) is 66.6 Å². The van der Waals surface area contributed by atoms with Gasteiger partial charge in [0.25, 0.3) is 0 Å². The van der Waals surface area contributed by atoms with Crippen molar-refractivity contribution in [2.75, 3.05) is 27.2 Å². The van der Waals surface area contributed by atoms with Gasteiger partial charge in [0.2, 0.25) is 11.8 Å². The Bertz CT molecular complexity index is 305. The number of hydrogen-bond donors (Lipinski definition) is 1. The molecule has 0 saturated heterocycles. The van der Waals surface area contributed by atoms with E-state index >= 15 is 0 Å². The van der Waals surface area contributed by atoms with Gasteiger partial charge in [-0.2, -0.15) is 0 Å². The van der Waals surface area contributed by atoms with Crippen molar-refractivity contribution < 1.29 is 9.59 Å². The average molecular weight is 255 g/mol. The van der Waals surface area contributed by atoms with Crippen LogP contribution in [0.5, 0.6) is 0 Å². The van der Waals surface area contributed by atoms with E-state index in [1.807, 2.05) is 6.92 Å². The van der Waals surface area contributed by atoms with E-state index in [1.54, 1.807) is 19.0 Å². The molecule has 0 radical (unpaired) electrons. The maximum Gasteiger partial charge on any atom is 0.241 e. The number of nitrogens with zero attached hydrogens (tertiary/aromatic N) is 2. The number of rotatable bonds is 5. The Morgan fingerprint density at radius 3 is 2.39 bits per heavy atom. The summed E-state index contributed by atoms with van der Waals surface area (Å²) in [6.45, 7) is 2.84.